The molecule has 3 aromatic heterocycles. The maximum atomic E-state index is 12.7. The van der Waals surface area contributed by atoms with Crippen molar-refractivity contribution in [3.8, 4) is 11.1 Å². The zero-order valence-electron chi connectivity index (χ0n) is 18.4. The summed E-state index contributed by atoms with van der Waals surface area (Å²) < 4.78 is 3.32. The molecule has 34 heavy (non-hydrogen) atoms. The van der Waals surface area contributed by atoms with Gasteiger partial charge in [0.2, 0.25) is 0 Å². The Morgan fingerprint density at radius 3 is 2.35 bits per heavy atom. The lowest BCUT2D eigenvalue weighted by Crippen LogP contribution is -2.69. The van der Waals surface area contributed by atoms with Gasteiger partial charge in [-0.15, -0.1) is 0 Å². The fourth-order valence-electron chi connectivity index (χ4n) is 4.28. The standard InChI is InChI=1S/C25H20Cl2N4O2Si/c1-30-15-28-14-24(30)34(33,19-8-6-17(26)7-9-19)20-11-22-21(16-4-3-5-18(27)10-16)12-23(32)31(2)25(22)29-13-20/h3-15,33H,1-2H3/t34-/m1/s1. The highest BCUT2D eigenvalue weighted by molar-refractivity contribution is 7.05. The second kappa shape index (κ2) is 8.52. The Bertz CT molecular complexity index is 1600. The molecule has 0 aliphatic heterocycles. The van der Waals surface area contributed by atoms with Gasteiger partial charge in [-0.2, -0.15) is 0 Å². The summed E-state index contributed by atoms with van der Waals surface area (Å²) in [6.45, 7) is 0. The molecule has 0 fully saturated rings. The highest BCUT2D eigenvalue weighted by Crippen LogP contribution is 2.28. The predicted molar refractivity (Wildman–Crippen MR) is 139 cm³/mol. The van der Waals surface area contributed by atoms with E-state index in [-0.39, 0.29) is 5.56 Å². The Hall–Kier alpha value is -3.23. The molecule has 0 spiro atoms. The van der Waals surface area contributed by atoms with Gasteiger partial charge in [-0.05, 0) is 51.8 Å². The number of hydrogen-bond acceptors (Lipinski definition) is 4. The summed E-state index contributed by atoms with van der Waals surface area (Å²) in [5.41, 5.74) is 1.84. The normalized spacial score (nSPS) is 13.2. The van der Waals surface area contributed by atoms with Gasteiger partial charge in [0.05, 0.1) is 11.6 Å². The third-order valence-corrected chi connectivity index (χ3v) is 10.1. The van der Waals surface area contributed by atoms with Gasteiger partial charge in [0.25, 0.3) is 5.56 Å². The number of halogens is 2. The number of aryl methyl sites for hydroxylation is 2. The van der Waals surface area contributed by atoms with E-state index in [1.54, 1.807) is 50.0 Å². The fourth-order valence-corrected chi connectivity index (χ4v) is 7.60. The molecule has 5 aromatic rings. The van der Waals surface area contributed by atoms with Crippen molar-refractivity contribution >= 4 is 58.2 Å². The Kier molecular flexibility index (Phi) is 5.65. The van der Waals surface area contributed by atoms with Crippen molar-refractivity contribution in [1.82, 2.24) is 19.1 Å². The number of pyridine rings is 2. The van der Waals surface area contributed by atoms with Crippen LogP contribution in [0, 0.1) is 0 Å². The van der Waals surface area contributed by atoms with E-state index in [4.69, 9.17) is 23.2 Å². The van der Waals surface area contributed by atoms with Crippen LogP contribution >= 0.6 is 23.2 Å². The summed E-state index contributed by atoms with van der Waals surface area (Å²) >= 11 is 12.4. The van der Waals surface area contributed by atoms with Crippen LogP contribution in [0.15, 0.2) is 84.2 Å². The Morgan fingerprint density at radius 2 is 1.68 bits per heavy atom. The molecule has 1 N–H and O–H groups in total. The lowest BCUT2D eigenvalue weighted by atomic mass is 10.0. The second-order valence-electron chi connectivity index (χ2n) is 8.17. The number of benzene rings is 2. The molecule has 2 aromatic carbocycles. The first-order valence-electron chi connectivity index (χ1n) is 10.5. The molecule has 0 aliphatic rings. The summed E-state index contributed by atoms with van der Waals surface area (Å²) in [7, 11) is 0.0264. The average molecular weight is 507 g/mol. The number of nitrogens with zero attached hydrogens (tertiary/aromatic N) is 4. The van der Waals surface area contributed by atoms with Crippen molar-refractivity contribution in [3.05, 3.63) is 99.8 Å². The zero-order valence-corrected chi connectivity index (χ0v) is 20.9. The highest BCUT2D eigenvalue weighted by atomic mass is 35.5. The minimum absolute atomic E-state index is 0.181. The van der Waals surface area contributed by atoms with Gasteiger partial charge in [-0.25, -0.2) is 9.97 Å². The predicted octanol–water partition coefficient (Wildman–Crippen LogP) is 2.60. The van der Waals surface area contributed by atoms with E-state index in [1.165, 1.54) is 4.57 Å². The maximum Gasteiger partial charge on any atom is 0.305 e. The molecule has 6 nitrogen and oxygen atoms in total. The molecular weight excluding hydrogens is 487 g/mol. The van der Waals surface area contributed by atoms with E-state index in [0.717, 1.165) is 16.1 Å². The summed E-state index contributed by atoms with van der Waals surface area (Å²) in [6.07, 6.45) is 5.00. The van der Waals surface area contributed by atoms with Crippen LogP contribution in [0.1, 0.15) is 0 Å². The summed E-state index contributed by atoms with van der Waals surface area (Å²) in [6, 6.07) is 18.0. The number of rotatable bonds is 4. The quantitative estimate of drug-likeness (QED) is 0.380. The Labute approximate surface area is 206 Å². The van der Waals surface area contributed by atoms with Crippen LogP contribution < -0.4 is 21.2 Å². The van der Waals surface area contributed by atoms with Gasteiger partial charge in [0.15, 0.2) is 0 Å². The zero-order chi connectivity index (χ0) is 24.0. The van der Waals surface area contributed by atoms with E-state index in [1.807, 2.05) is 48.0 Å². The first-order chi connectivity index (χ1) is 16.3. The molecule has 3 heterocycles. The van der Waals surface area contributed by atoms with E-state index in [9.17, 15) is 9.59 Å². The summed E-state index contributed by atoms with van der Waals surface area (Å²) in [5.74, 6) is 0. The van der Waals surface area contributed by atoms with Crippen LogP contribution in [0.25, 0.3) is 22.2 Å². The van der Waals surface area contributed by atoms with E-state index < -0.39 is 8.32 Å². The van der Waals surface area contributed by atoms with Crippen molar-refractivity contribution in [2.24, 2.45) is 14.1 Å². The summed E-state index contributed by atoms with van der Waals surface area (Å²) in [4.78, 5) is 34.0. The molecule has 0 saturated heterocycles. The van der Waals surface area contributed by atoms with Gasteiger partial charge < -0.3 is 9.36 Å². The number of fused-ring (bicyclic) bond motifs is 1. The van der Waals surface area contributed by atoms with Crippen molar-refractivity contribution < 1.29 is 4.80 Å². The summed E-state index contributed by atoms with van der Waals surface area (Å²) in [5, 5.41) is 4.00. The molecule has 0 radical (unpaired) electrons. The average Bonchev–Trinajstić information content (AvgIpc) is 3.27. The van der Waals surface area contributed by atoms with Gasteiger partial charge in [-0.1, -0.05) is 47.5 Å². The molecule has 0 saturated carbocycles. The largest absolute Gasteiger partial charge is 0.420 e. The van der Waals surface area contributed by atoms with Crippen molar-refractivity contribution in [2.75, 3.05) is 0 Å². The fraction of sp³-hybridized carbons (Fsp3) is 0.0800. The molecule has 5 rings (SSSR count). The monoisotopic (exact) mass is 506 g/mol. The van der Waals surface area contributed by atoms with Crippen molar-refractivity contribution in [3.63, 3.8) is 0 Å². The van der Waals surface area contributed by atoms with E-state index in [2.05, 4.69) is 9.97 Å². The lowest BCUT2D eigenvalue weighted by Gasteiger charge is -2.27. The van der Waals surface area contributed by atoms with E-state index in [0.29, 0.717) is 31.8 Å². The van der Waals surface area contributed by atoms with Crippen LogP contribution in [-0.4, -0.2) is 32.2 Å². The molecule has 0 aliphatic carbocycles. The molecular formula is C25H20Cl2N4O2Si. The van der Waals surface area contributed by atoms with Crippen LogP contribution in [0.5, 0.6) is 0 Å². The third-order valence-electron chi connectivity index (χ3n) is 6.08. The molecule has 0 bridgehead atoms. The number of imidazole rings is 1. The second-order valence-corrected chi connectivity index (χ2v) is 12.1. The number of hydrogen-bond donors (Lipinski definition) is 1. The molecule has 0 amide bonds. The van der Waals surface area contributed by atoms with Crippen molar-refractivity contribution in [2.45, 2.75) is 0 Å². The molecule has 0 unspecified atom stereocenters. The van der Waals surface area contributed by atoms with Gasteiger partial charge >= 0.3 is 8.32 Å². The lowest BCUT2D eigenvalue weighted by molar-refractivity contribution is 0.579. The third kappa shape index (κ3) is 3.67. The van der Waals surface area contributed by atoms with Gasteiger partial charge in [0.1, 0.15) is 5.65 Å². The topological polar surface area (TPSA) is 72.9 Å². The SMILES string of the molecule is Cn1cncc1[Si@@](O)(c1ccc(Cl)cc1)c1cnc2c(c1)c(-c1cccc(Cl)c1)cc(=O)n2C. The van der Waals surface area contributed by atoms with Gasteiger partial charge in [0, 0.05) is 48.0 Å². The van der Waals surface area contributed by atoms with Crippen LogP contribution in [0.2, 0.25) is 10.0 Å². The van der Waals surface area contributed by atoms with Crippen LogP contribution in [0.3, 0.4) is 0 Å². The molecule has 9 heteroatoms. The first kappa shape index (κ1) is 22.6. The Balaban J connectivity index is 1.84. The molecule has 170 valence electrons. The van der Waals surface area contributed by atoms with E-state index >= 15 is 0 Å². The van der Waals surface area contributed by atoms with Crippen molar-refractivity contribution in [1.29, 1.82) is 0 Å². The smallest absolute Gasteiger partial charge is 0.305 e. The number of aromatic nitrogens is 4. The van der Waals surface area contributed by atoms with Crippen LogP contribution in [-0.2, 0) is 14.1 Å². The first-order valence-corrected chi connectivity index (χ1v) is 13.2. The minimum atomic E-state index is -3.51. The van der Waals surface area contributed by atoms with Crippen LogP contribution in [0.4, 0.5) is 0 Å². The van der Waals surface area contributed by atoms with Gasteiger partial charge in [-0.3, -0.25) is 9.36 Å². The maximum absolute atomic E-state index is 12.7. The Morgan fingerprint density at radius 1 is 0.912 bits per heavy atom. The molecule has 1 atom stereocenters. The minimum Gasteiger partial charge on any atom is -0.420 e. The highest BCUT2D eigenvalue weighted by Gasteiger charge is 2.41.